The summed E-state index contributed by atoms with van der Waals surface area (Å²) in [4.78, 5) is 17.0. The molecule has 0 bridgehead atoms. The van der Waals surface area contributed by atoms with E-state index in [0.29, 0.717) is 22.3 Å². The van der Waals surface area contributed by atoms with Gasteiger partial charge in [0.2, 0.25) is 0 Å². The van der Waals surface area contributed by atoms with Crippen LogP contribution in [-0.2, 0) is 4.74 Å². The van der Waals surface area contributed by atoms with E-state index in [-0.39, 0.29) is 0 Å². The average Bonchev–Trinajstić information content (AvgIpc) is 3.19. The van der Waals surface area contributed by atoms with Crippen molar-refractivity contribution >= 4 is 17.7 Å². The number of aryl methyl sites for hydroxylation is 1. The molecule has 2 aromatic heterocycles. The Morgan fingerprint density at radius 2 is 2.04 bits per heavy atom. The molecule has 0 aliphatic heterocycles. The molecule has 0 atom stereocenters. The summed E-state index contributed by atoms with van der Waals surface area (Å²) in [6.07, 6.45) is 1.68. The van der Waals surface area contributed by atoms with Gasteiger partial charge in [-0.05, 0) is 58.7 Å². The Balaban J connectivity index is 2.07. The van der Waals surface area contributed by atoms with Crippen molar-refractivity contribution in [3.8, 4) is 11.4 Å². The van der Waals surface area contributed by atoms with Crippen LogP contribution < -0.4 is 0 Å². The third-order valence-electron chi connectivity index (χ3n) is 3.52. The molecule has 1 fully saturated rings. The van der Waals surface area contributed by atoms with E-state index in [2.05, 4.69) is 10.1 Å². The highest BCUT2D eigenvalue weighted by atomic mass is 35.5. The summed E-state index contributed by atoms with van der Waals surface area (Å²) in [5, 5.41) is 4.94. The number of aromatic nitrogens is 3. The van der Waals surface area contributed by atoms with E-state index in [1.54, 1.807) is 6.07 Å². The smallest absolute Gasteiger partial charge is 0.435 e. The van der Waals surface area contributed by atoms with Gasteiger partial charge in [-0.25, -0.2) is 9.78 Å². The SMILES string of the molecule is Cc1ccc(Cl)c(-c2cc(C3CC3)nn2C(=O)OC(C)(C)C)n1. The molecule has 6 heteroatoms. The van der Waals surface area contributed by atoms with Crippen molar-refractivity contribution in [1.82, 2.24) is 14.8 Å². The zero-order valence-electron chi connectivity index (χ0n) is 13.8. The minimum absolute atomic E-state index is 0.418. The van der Waals surface area contributed by atoms with Gasteiger partial charge in [-0.3, -0.25) is 0 Å². The number of carbonyl (C=O) groups excluding carboxylic acids is 1. The summed E-state index contributed by atoms with van der Waals surface area (Å²) in [6, 6.07) is 5.51. The second kappa shape index (κ2) is 5.64. The molecular weight excluding hydrogens is 314 g/mol. The number of pyridine rings is 1. The van der Waals surface area contributed by atoms with Crippen molar-refractivity contribution in [2.24, 2.45) is 0 Å². The van der Waals surface area contributed by atoms with Crippen molar-refractivity contribution in [2.75, 3.05) is 0 Å². The van der Waals surface area contributed by atoms with E-state index in [1.807, 2.05) is 39.8 Å². The molecule has 0 spiro atoms. The first-order valence-electron chi connectivity index (χ1n) is 7.71. The van der Waals surface area contributed by atoms with Crippen LogP contribution >= 0.6 is 11.6 Å². The fourth-order valence-electron chi connectivity index (χ4n) is 2.31. The van der Waals surface area contributed by atoms with Gasteiger partial charge in [0.05, 0.1) is 10.7 Å². The van der Waals surface area contributed by atoms with Crippen LogP contribution in [0.25, 0.3) is 11.4 Å². The van der Waals surface area contributed by atoms with Crippen LogP contribution in [0.1, 0.15) is 50.9 Å². The molecule has 2 aromatic rings. The van der Waals surface area contributed by atoms with Crippen LogP contribution in [0.4, 0.5) is 4.79 Å². The molecule has 1 saturated carbocycles. The van der Waals surface area contributed by atoms with Crippen LogP contribution in [0.2, 0.25) is 5.02 Å². The quantitative estimate of drug-likeness (QED) is 0.808. The number of hydrogen-bond donors (Lipinski definition) is 0. The van der Waals surface area contributed by atoms with Gasteiger partial charge in [-0.15, -0.1) is 0 Å². The molecule has 5 nitrogen and oxygen atoms in total. The predicted octanol–water partition coefficient (Wildman–Crippen LogP) is 4.57. The monoisotopic (exact) mass is 333 g/mol. The summed E-state index contributed by atoms with van der Waals surface area (Å²) in [7, 11) is 0. The Kier molecular flexibility index (Phi) is 3.92. The second-order valence-electron chi connectivity index (χ2n) is 6.90. The minimum Gasteiger partial charge on any atom is -0.442 e. The lowest BCUT2D eigenvalue weighted by Crippen LogP contribution is -2.28. The van der Waals surface area contributed by atoms with Gasteiger partial charge in [0, 0.05) is 11.6 Å². The van der Waals surface area contributed by atoms with E-state index in [0.717, 1.165) is 24.2 Å². The molecule has 0 amide bonds. The van der Waals surface area contributed by atoms with Crippen molar-refractivity contribution in [1.29, 1.82) is 0 Å². The third kappa shape index (κ3) is 3.55. The molecule has 23 heavy (non-hydrogen) atoms. The lowest BCUT2D eigenvalue weighted by atomic mass is 10.2. The Bertz CT molecular complexity index is 758. The normalized spacial score (nSPS) is 14.8. The lowest BCUT2D eigenvalue weighted by Gasteiger charge is -2.19. The fourth-order valence-corrected chi connectivity index (χ4v) is 2.51. The van der Waals surface area contributed by atoms with E-state index >= 15 is 0 Å². The summed E-state index contributed by atoms with van der Waals surface area (Å²) in [6.45, 7) is 7.37. The molecule has 122 valence electrons. The average molecular weight is 334 g/mol. The number of carbonyl (C=O) groups is 1. The van der Waals surface area contributed by atoms with Crippen LogP contribution in [0, 0.1) is 6.92 Å². The fraction of sp³-hybridized carbons (Fsp3) is 0.471. The molecule has 0 aromatic carbocycles. The Hall–Kier alpha value is -1.88. The zero-order chi connectivity index (χ0) is 16.8. The van der Waals surface area contributed by atoms with Crippen molar-refractivity contribution in [3.05, 3.63) is 34.6 Å². The second-order valence-corrected chi connectivity index (χ2v) is 7.31. The van der Waals surface area contributed by atoms with Gasteiger partial charge in [0.15, 0.2) is 0 Å². The van der Waals surface area contributed by atoms with Crippen molar-refractivity contribution in [3.63, 3.8) is 0 Å². The molecule has 0 radical (unpaired) electrons. The minimum atomic E-state index is -0.593. The van der Waals surface area contributed by atoms with Crippen LogP contribution in [0.3, 0.4) is 0 Å². The van der Waals surface area contributed by atoms with Gasteiger partial charge in [0.1, 0.15) is 17.0 Å². The number of halogens is 1. The van der Waals surface area contributed by atoms with Crippen LogP contribution in [-0.4, -0.2) is 26.5 Å². The van der Waals surface area contributed by atoms with Gasteiger partial charge in [-0.1, -0.05) is 11.6 Å². The van der Waals surface area contributed by atoms with E-state index in [1.165, 1.54) is 4.68 Å². The first-order chi connectivity index (χ1) is 10.7. The number of nitrogens with zero attached hydrogens (tertiary/aromatic N) is 3. The third-order valence-corrected chi connectivity index (χ3v) is 3.82. The molecule has 2 heterocycles. The highest BCUT2D eigenvalue weighted by Crippen LogP contribution is 2.41. The van der Waals surface area contributed by atoms with E-state index in [4.69, 9.17) is 16.3 Å². The molecule has 0 saturated heterocycles. The van der Waals surface area contributed by atoms with E-state index < -0.39 is 11.7 Å². The number of rotatable bonds is 2. The van der Waals surface area contributed by atoms with Crippen LogP contribution in [0.15, 0.2) is 18.2 Å². The first kappa shape index (κ1) is 16.0. The lowest BCUT2D eigenvalue weighted by molar-refractivity contribution is 0.0517. The Morgan fingerprint density at radius 3 is 2.65 bits per heavy atom. The molecule has 1 aliphatic rings. The maximum absolute atomic E-state index is 12.5. The highest BCUT2D eigenvalue weighted by Gasteiger charge is 2.31. The summed E-state index contributed by atoms with van der Waals surface area (Å²) in [5.41, 5.74) is 2.26. The number of ether oxygens (including phenoxy) is 1. The van der Waals surface area contributed by atoms with Gasteiger partial charge < -0.3 is 4.74 Å². The largest absolute Gasteiger partial charge is 0.442 e. The van der Waals surface area contributed by atoms with Gasteiger partial charge in [0.25, 0.3) is 0 Å². The van der Waals surface area contributed by atoms with Gasteiger partial charge >= 0.3 is 6.09 Å². The molecular formula is C17H20ClN3O2. The molecule has 1 aliphatic carbocycles. The predicted molar refractivity (Wildman–Crippen MR) is 88.8 cm³/mol. The summed E-state index contributed by atoms with van der Waals surface area (Å²) >= 11 is 6.29. The number of hydrogen-bond acceptors (Lipinski definition) is 4. The zero-order valence-corrected chi connectivity index (χ0v) is 14.5. The molecule has 0 unspecified atom stereocenters. The highest BCUT2D eigenvalue weighted by molar-refractivity contribution is 6.33. The standard InChI is InChI=1S/C17H20ClN3O2/c1-10-5-8-12(18)15(19-10)14-9-13(11-6-7-11)20-21(14)16(22)23-17(2,3)4/h5,8-9,11H,6-7H2,1-4H3. The first-order valence-corrected chi connectivity index (χ1v) is 8.09. The maximum atomic E-state index is 12.5. The summed E-state index contributed by atoms with van der Waals surface area (Å²) < 4.78 is 6.74. The maximum Gasteiger partial charge on any atom is 0.435 e. The summed E-state index contributed by atoms with van der Waals surface area (Å²) in [5.74, 6) is 0.418. The van der Waals surface area contributed by atoms with E-state index in [9.17, 15) is 4.79 Å². The Labute approximate surface area is 140 Å². The molecule has 3 rings (SSSR count). The topological polar surface area (TPSA) is 57.0 Å². The molecule has 0 N–H and O–H groups in total. The van der Waals surface area contributed by atoms with Gasteiger partial charge in [-0.2, -0.15) is 9.78 Å². The Morgan fingerprint density at radius 1 is 1.35 bits per heavy atom. The van der Waals surface area contributed by atoms with Crippen LogP contribution in [0.5, 0.6) is 0 Å². The van der Waals surface area contributed by atoms with Crippen molar-refractivity contribution < 1.29 is 9.53 Å². The van der Waals surface area contributed by atoms with Crippen molar-refractivity contribution in [2.45, 2.75) is 52.1 Å².